The Labute approximate surface area is 259 Å². The maximum Gasteiger partial charge on any atom is 0.318 e. The summed E-state index contributed by atoms with van der Waals surface area (Å²) in [5.74, 6) is 0.150. The molecule has 3 aromatic rings. The van der Waals surface area contributed by atoms with E-state index in [9.17, 15) is 10.1 Å². The van der Waals surface area contributed by atoms with Gasteiger partial charge in [-0.3, -0.25) is 9.78 Å². The quantitative estimate of drug-likeness (QED) is 0.249. The van der Waals surface area contributed by atoms with Crippen LogP contribution in [0.15, 0.2) is 55.1 Å². The van der Waals surface area contributed by atoms with Crippen molar-refractivity contribution in [2.45, 2.75) is 55.4 Å². The van der Waals surface area contributed by atoms with E-state index in [1.807, 2.05) is 17.2 Å². The number of hydrogen-bond donors (Lipinski definition) is 0. The van der Waals surface area contributed by atoms with Crippen molar-refractivity contribution in [1.82, 2.24) is 19.9 Å². The second kappa shape index (κ2) is 11.4. The number of anilines is 2. The van der Waals surface area contributed by atoms with Gasteiger partial charge in [0.15, 0.2) is 0 Å². The summed E-state index contributed by atoms with van der Waals surface area (Å²) in [5, 5.41) is 10.9. The number of nitrogens with zero attached hydrogens (tertiary/aromatic N) is 7. The first-order valence-electron chi connectivity index (χ1n) is 14.8. The lowest BCUT2D eigenvalue weighted by Crippen LogP contribution is -2.42. The molecule has 0 N–H and O–H groups in total. The number of pyridine rings is 1. The van der Waals surface area contributed by atoms with Gasteiger partial charge in [-0.2, -0.15) is 15.2 Å². The van der Waals surface area contributed by atoms with Gasteiger partial charge in [-0.25, -0.2) is 4.39 Å². The van der Waals surface area contributed by atoms with Crippen LogP contribution in [-0.2, 0) is 22.5 Å². The molecule has 1 amide bonds. The fourth-order valence-electron chi connectivity index (χ4n) is 5.93. The maximum atomic E-state index is 15.0. The van der Waals surface area contributed by atoms with Crippen molar-refractivity contribution in [2.24, 2.45) is 0 Å². The highest BCUT2D eigenvalue weighted by molar-refractivity contribution is 8.08. The third-order valence-electron chi connectivity index (χ3n) is 8.46. The molecule has 5 heterocycles. The van der Waals surface area contributed by atoms with Crippen LogP contribution in [0.5, 0.6) is 6.01 Å². The zero-order valence-corrected chi connectivity index (χ0v) is 25.2. The number of carbonyl (C=O) groups excluding carboxylic acids is 1. The first-order chi connectivity index (χ1) is 21.4. The number of allylic oxidation sites excluding steroid dienone is 1. The molecule has 1 aliphatic carbocycles. The van der Waals surface area contributed by atoms with Crippen LogP contribution in [-0.4, -0.2) is 68.3 Å². The Bertz CT molecular complexity index is 1720. The Kier molecular flexibility index (Phi) is 7.38. The molecule has 1 saturated heterocycles. The average molecular weight is 614 g/mol. The Morgan fingerprint density at radius 3 is 2.93 bits per heavy atom. The first-order valence-corrected chi connectivity index (χ1v) is 15.7. The Hall–Kier alpha value is -4.21. The summed E-state index contributed by atoms with van der Waals surface area (Å²) in [6.45, 7) is 8.01. The number of carbonyl (C=O) groups is 1. The van der Waals surface area contributed by atoms with E-state index in [1.165, 1.54) is 12.1 Å². The predicted molar refractivity (Wildman–Crippen MR) is 165 cm³/mol. The number of ether oxygens (including phenoxy) is 2. The van der Waals surface area contributed by atoms with Crippen molar-refractivity contribution in [2.75, 3.05) is 36.0 Å². The molecule has 2 aromatic heterocycles. The minimum atomic E-state index is -0.293. The van der Waals surface area contributed by atoms with Crippen molar-refractivity contribution >= 4 is 39.9 Å². The lowest BCUT2D eigenvalue weighted by Gasteiger charge is -2.36. The molecule has 4 aliphatic rings. The van der Waals surface area contributed by atoms with Gasteiger partial charge in [0, 0.05) is 48.4 Å². The van der Waals surface area contributed by atoms with Crippen molar-refractivity contribution < 1.29 is 18.7 Å². The fraction of sp³-hybridized carbons (Fsp3) is 0.406. The topological polar surface area (TPSA) is 108 Å². The van der Waals surface area contributed by atoms with Crippen molar-refractivity contribution in [3.05, 3.63) is 72.2 Å². The van der Waals surface area contributed by atoms with Gasteiger partial charge in [0.05, 0.1) is 53.7 Å². The third-order valence-corrected chi connectivity index (χ3v) is 9.92. The molecular weight excluding hydrogens is 581 g/mol. The van der Waals surface area contributed by atoms with E-state index in [-0.39, 0.29) is 34.3 Å². The van der Waals surface area contributed by atoms with Gasteiger partial charge in [-0.1, -0.05) is 18.7 Å². The molecule has 44 heavy (non-hydrogen) atoms. The number of fused-ring (bicyclic) bond motifs is 2. The first kappa shape index (κ1) is 28.6. The summed E-state index contributed by atoms with van der Waals surface area (Å²) >= 11 is 1.75. The molecule has 0 spiro atoms. The van der Waals surface area contributed by atoms with Crippen LogP contribution in [0.25, 0.3) is 10.8 Å². The van der Waals surface area contributed by atoms with Gasteiger partial charge in [0.2, 0.25) is 5.91 Å². The standard InChI is InChI=1S/C32H32FN7O3S/c1-3-28(41)40-14-13-39(17-21(40)9-11-34)30-23-10-12-38(26-16-35-15-20-5-4-6-24(33)29(20)26)18-25(23)36-31(37-30)42-19-27-32(2,44-27)43-22-7-8-22/h3-6,15-17,22,27H,1,7-10,12-14,18-19H2,2H3/t27?,32-/m0/s1. The fourth-order valence-corrected chi connectivity index (χ4v) is 6.88. The van der Waals surface area contributed by atoms with Crippen LogP contribution in [0.4, 0.5) is 15.9 Å². The SMILES string of the molecule is C=CC(=O)N1CCN(c2nc(OCC3S[C@]3(C)OC3CC3)nc3c2CCN(c2cncc4cccc(F)c24)C3)C=C1CC#N. The van der Waals surface area contributed by atoms with Gasteiger partial charge < -0.3 is 24.2 Å². The molecule has 2 fully saturated rings. The molecule has 10 nitrogen and oxygen atoms in total. The van der Waals surface area contributed by atoms with Crippen LogP contribution in [0.2, 0.25) is 0 Å². The van der Waals surface area contributed by atoms with E-state index in [0.717, 1.165) is 29.5 Å². The number of benzene rings is 1. The molecule has 12 heteroatoms. The second-order valence-electron chi connectivity index (χ2n) is 11.5. The van der Waals surface area contributed by atoms with Crippen LogP contribution in [0.1, 0.15) is 37.4 Å². The monoisotopic (exact) mass is 613 g/mol. The second-order valence-corrected chi connectivity index (χ2v) is 13.1. The van der Waals surface area contributed by atoms with Crippen LogP contribution in [0.3, 0.4) is 0 Å². The third kappa shape index (κ3) is 5.46. The predicted octanol–water partition coefficient (Wildman–Crippen LogP) is 4.71. The highest BCUT2D eigenvalue weighted by Crippen LogP contribution is 2.56. The van der Waals surface area contributed by atoms with Gasteiger partial charge in [-0.15, -0.1) is 11.8 Å². The van der Waals surface area contributed by atoms with Crippen molar-refractivity contribution in [1.29, 1.82) is 5.26 Å². The molecule has 1 unspecified atom stereocenters. The largest absolute Gasteiger partial charge is 0.462 e. The summed E-state index contributed by atoms with van der Waals surface area (Å²) in [5.41, 5.74) is 3.03. The van der Waals surface area contributed by atoms with E-state index >= 15 is 4.39 Å². The molecule has 1 aromatic carbocycles. The van der Waals surface area contributed by atoms with Crippen LogP contribution in [0, 0.1) is 17.1 Å². The lowest BCUT2D eigenvalue weighted by atomic mass is 10.0. The van der Waals surface area contributed by atoms with Gasteiger partial charge >= 0.3 is 6.01 Å². The Morgan fingerprint density at radius 2 is 2.14 bits per heavy atom. The molecule has 7 rings (SSSR count). The van der Waals surface area contributed by atoms with E-state index in [1.54, 1.807) is 35.1 Å². The Morgan fingerprint density at radius 1 is 1.27 bits per heavy atom. The zero-order valence-electron chi connectivity index (χ0n) is 24.4. The zero-order chi connectivity index (χ0) is 30.4. The highest BCUT2D eigenvalue weighted by Gasteiger charge is 2.56. The average Bonchev–Trinajstić information content (AvgIpc) is 3.97. The molecule has 0 bridgehead atoms. The smallest absolute Gasteiger partial charge is 0.318 e. The van der Waals surface area contributed by atoms with E-state index in [2.05, 4.69) is 29.5 Å². The molecule has 226 valence electrons. The minimum absolute atomic E-state index is 0.0681. The van der Waals surface area contributed by atoms with Gasteiger partial charge in [0.1, 0.15) is 23.2 Å². The van der Waals surface area contributed by atoms with E-state index < -0.39 is 0 Å². The molecule has 0 radical (unpaired) electrons. The highest BCUT2D eigenvalue weighted by atomic mass is 32.2. The number of aromatic nitrogens is 3. The number of nitriles is 1. The maximum absolute atomic E-state index is 15.0. The number of hydrogen-bond acceptors (Lipinski definition) is 10. The van der Waals surface area contributed by atoms with Gasteiger partial charge in [0.25, 0.3) is 0 Å². The minimum Gasteiger partial charge on any atom is -0.462 e. The summed E-state index contributed by atoms with van der Waals surface area (Å²) in [4.78, 5) is 32.0. The summed E-state index contributed by atoms with van der Waals surface area (Å²) < 4.78 is 27.4. The summed E-state index contributed by atoms with van der Waals surface area (Å²) in [6.07, 6.45) is 9.70. The Balaban J connectivity index is 1.22. The number of amides is 1. The van der Waals surface area contributed by atoms with Crippen molar-refractivity contribution in [3.8, 4) is 12.1 Å². The van der Waals surface area contributed by atoms with E-state index in [0.29, 0.717) is 67.9 Å². The molecule has 3 aliphatic heterocycles. The molecule has 1 saturated carbocycles. The summed E-state index contributed by atoms with van der Waals surface area (Å²) in [7, 11) is 0. The lowest BCUT2D eigenvalue weighted by molar-refractivity contribution is -0.124. The van der Waals surface area contributed by atoms with Crippen LogP contribution >= 0.6 is 11.8 Å². The van der Waals surface area contributed by atoms with Crippen molar-refractivity contribution in [3.63, 3.8) is 0 Å². The molecule has 2 atom stereocenters. The number of halogens is 1. The van der Waals surface area contributed by atoms with E-state index in [4.69, 9.17) is 19.4 Å². The van der Waals surface area contributed by atoms with Crippen LogP contribution < -0.4 is 14.5 Å². The summed E-state index contributed by atoms with van der Waals surface area (Å²) in [6, 6.07) is 7.43. The molecular formula is C32H32FN7O3S. The normalized spacial score (nSPS) is 22.7. The van der Waals surface area contributed by atoms with Gasteiger partial charge in [-0.05, 0) is 38.3 Å². The number of thioether (sulfide) groups is 1. The number of rotatable bonds is 9.